The van der Waals surface area contributed by atoms with Crippen LogP contribution in [0.2, 0.25) is 0 Å². The normalized spacial score (nSPS) is 19.6. The smallest absolute Gasteiger partial charge is 0.155 e. The van der Waals surface area contributed by atoms with E-state index in [0.717, 1.165) is 12.8 Å². The highest BCUT2D eigenvalue weighted by Gasteiger charge is 2.38. The Morgan fingerprint density at radius 1 is 1.06 bits per heavy atom. The lowest BCUT2D eigenvalue weighted by Crippen LogP contribution is -2.37. The van der Waals surface area contributed by atoms with Crippen molar-refractivity contribution in [2.75, 3.05) is 0 Å². The van der Waals surface area contributed by atoms with E-state index in [4.69, 9.17) is 0 Å². The third-order valence-corrected chi connectivity index (χ3v) is 7.76. The standard InChI is InChI=1S/C31H44O3/c1-10-24(17-25-16-21(4)26-13-11-12-14-27(25)26)29(33)18-28(31(7,8)9)30(34)22(5)19(2)15-20(3)23(6)32/h11-16,19,21-22,24,28H,10,17-18H2,1-9H3/b20-15+. The van der Waals surface area contributed by atoms with Crippen LogP contribution in [0.25, 0.3) is 5.57 Å². The first-order chi connectivity index (χ1) is 15.8. The van der Waals surface area contributed by atoms with Crippen molar-refractivity contribution in [3.8, 4) is 0 Å². The Morgan fingerprint density at radius 3 is 2.24 bits per heavy atom. The first-order valence-corrected chi connectivity index (χ1v) is 12.8. The van der Waals surface area contributed by atoms with E-state index in [1.165, 1.54) is 16.7 Å². The number of benzene rings is 1. The van der Waals surface area contributed by atoms with E-state index in [-0.39, 0.29) is 52.9 Å². The highest BCUT2D eigenvalue weighted by atomic mass is 16.1. The number of fused-ring (bicyclic) bond motifs is 1. The zero-order valence-electron chi connectivity index (χ0n) is 22.7. The van der Waals surface area contributed by atoms with Gasteiger partial charge in [-0.3, -0.25) is 14.4 Å². The van der Waals surface area contributed by atoms with Crippen LogP contribution in [0.4, 0.5) is 0 Å². The Bertz CT molecular complexity index is 973. The zero-order valence-corrected chi connectivity index (χ0v) is 22.7. The van der Waals surface area contributed by atoms with Gasteiger partial charge >= 0.3 is 0 Å². The largest absolute Gasteiger partial charge is 0.299 e. The molecule has 0 fully saturated rings. The molecular formula is C31H44O3. The van der Waals surface area contributed by atoms with Crippen LogP contribution in [0.5, 0.6) is 0 Å². The van der Waals surface area contributed by atoms with Gasteiger partial charge in [0, 0.05) is 30.1 Å². The van der Waals surface area contributed by atoms with E-state index < -0.39 is 0 Å². The Kier molecular flexibility index (Phi) is 9.39. The van der Waals surface area contributed by atoms with Crippen LogP contribution in [0.15, 0.2) is 42.0 Å². The summed E-state index contributed by atoms with van der Waals surface area (Å²) in [5.74, 6) is -0.0415. The predicted molar refractivity (Wildman–Crippen MR) is 142 cm³/mol. The Morgan fingerprint density at radius 2 is 1.68 bits per heavy atom. The Balaban J connectivity index is 2.20. The Hall–Kier alpha value is -2.29. The van der Waals surface area contributed by atoms with Gasteiger partial charge in [-0.2, -0.15) is 0 Å². The lowest BCUT2D eigenvalue weighted by atomic mass is 9.69. The van der Waals surface area contributed by atoms with Crippen molar-refractivity contribution < 1.29 is 14.4 Å². The summed E-state index contributed by atoms with van der Waals surface area (Å²) in [6.45, 7) is 17.7. The highest BCUT2D eigenvalue weighted by molar-refractivity contribution is 5.93. The van der Waals surface area contributed by atoms with E-state index in [2.05, 4.69) is 65.0 Å². The lowest BCUT2D eigenvalue weighted by Gasteiger charge is -2.33. The molecule has 2 rings (SSSR count). The summed E-state index contributed by atoms with van der Waals surface area (Å²) in [5, 5.41) is 0. The number of ketones is 3. The number of hydrogen-bond acceptors (Lipinski definition) is 3. The molecule has 186 valence electrons. The fraction of sp³-hybridized carbons (Fsp3) is 0.581. The topological polar surface area (TPSA) is 51.2 Å². The molecule has 0 N–H and O–H groups in total. The van der Waals surface area contributed by atoms with Crippen LogP contribution in [0.3, 0.4) is 0 Å². The van der Waals surface area contributed by atoms with Crippen LogP contribution in [0.1, 0.15) is 98.6 Å². The minimum Gasteiger partial charge on any atom is -0.299 e. The highest BCUT2D eigenvalue weighted by Crippen LogP contribution is 2.40. The molecule has 34 heavy (non-hydrogen) atoms. The molecule has 1 aliphatic carbocycles. The molecule has 1 aromatic rings. The first-order valence-electron chi connectivity index (χ1n) is 12.8. The molecular weight excluding hydrogens is 420 g/mol. The van der Waals surface area contributed by atoms with Gasteiger partial charge < -0.3 is 0 Å². The van der Waals surface area contributed by atoms with Gasteiger partial charge in [-0.1, -0.05) is 84.9 Å². The molecule has 0 spiro atoms. The summed E-state index contributed by atoms with van der Waals surface area (Å²) in [5.41, 5.74) is 4.22. The summed E-state index contributed by atoms with van der Waals surface area (Å²) in [7, 11) is 0. The quantitative estimate of drug-likeness (QED) is 0.317. The zero-order chi connectivity index (χ0) is 25.8. The second-order valence-corrected chi connectivity index (χ2v) is 11.4. The number of hydrogen-bond donors (Lipinski definition) is 0. The molecule has 0 saturated heterocycles. The van der Waals surface area contributed by atoms with E-state index in [1.54, 1.807) is 13.8 Å². The summed E-state index contributed by atoms with van der Waals surface area (Å²) in [6, 6.07) is 8.46. The number of carbonyl (C=O) groups excluding carboxylic acids is 3. The summed E-state index contributed by atoms with van der Waals surface area (Å²) in [4.78, 5) is 38.8. The molecule has 0 heterocycles. The minimum absolute atomic E-state index is 0.0249. The van der Waals surface area contributed by atoms with Crippen LogP contribution < -0.4 is 0 Å². The number of carbonyl (C=O) groups is 3. The molecule has 0 aliphatic heterocycles. The molecule has 5 atom stereocenters. The van der Waals surface area contributed by atoms with E-state index in [9.17, 15) is 14.4 Å². The molecule has 0 bridgehead atoms. The van der Waals surface area contributed by atoms with Gasteiger partial charge in [-0.05, 0) is 60.3 Å². The number of rotatable bonds is 11. The van der Waals surface area contributed by atoms with Crippen molar-refractivity contribution in [1.82, 2.24) is 0 Å². The van der Waals surface area contributed by atoms with Gasteiger partial charge in [-0.15, -0.1) is 0 Å². The van der Waals surface area contributed by atoms with Crippen LogP contribution in [-0.2, 0) is 14.4 Å². The maximum atomic E-state index is 13.6. The minimum atomic E-state index is -0.346. The molecule has 5 unspecified atom stereocenters. The molecule has 0 amide bonds. The van der Waals surface area contributed by atoms with Crippen LogP contribution >= 0.6 is 0 Å². The maximum absolute atomic E-state index is 13.6. The second-order valence-electron chi connectivity index (χ2n) is 11.4. The van der Waals surface area contributed by atoms with Crippen LogP contribution in [0, 0.1) is 29.1 Å². The van der Waals surface area contributed by atoms with Crippen molar-refractivity contribution in [1.29, 1.82) is 0 Å². The van der Waals surface area contributed by atoms with Gasteiger partial charge in [0.05, 0.1) is 0 Å². The molecule has 0 radical (unpaired) electrons. The summed E-state index contributed by atoms with van der Waals surface area (Å²) >= 11 is 0. The third-order valence-electron chi connectivity index (χ3n) is 7.76. The Labute approximate surface area is 207 Å². The molecule has 0 saturated carbocycles. The number of Topliss-reactive ketones (excluding diaryl/α,β-unsaturated/α-hetero) is 3. The van der Waals surface area contributed by atoms with E-state index in [1.807, 2.05) is 19.9 Å². The molecule has 1 aliphatic rings. The van der Waals surface area contributed by atoms with Gasteiger partial charge in [-0.25, -0.2) is 0 Å². The third kappa shape index (κ3) is 6.64. The number of allylic oxidation sites excluding steroid dienone is 4. The second kappa shape index (κ2) is 11.4. The molecule has 0 aromatic heterocycles. The first kappa shape index (κ1) is 28.0. The fourth-order valence-corrected chi connectivity index (χ4v) is 5.03. The van der Waals surface area contributed by atoms with Gasteiger partial charge in [0.25, 0.3) is 0 Å². The fourth-order valence-electron chi connectivity index (χ4n) is 5.03. The van der Waals surface area contributed by atoms with Crippen LogP contribution in [-0.4, -0.2) is 17.3 Å². The van der Waals surface area contributed by atoms with Gasteiger partial charge in [0.15, 0.2) is 5.78 Å². The molecule has 1 aromatic carbocycles. The van der Waals surface area contributed by atoms with Crippen molar-refractivity contribution in [2.24, 2.45) is 29.1 Å². The van der Waals surface area contributed by atoms with Gasteiger partial charge in [0.2, 0.25) is 0 Å². The SMILES string of the molecule is CCC(CC1=CC(C)c2ccccc21)C(=O)CC(C(=O)C(C)C(C)/C=C(\C)C(C)=O)C(C)(C)C. The monoisotopic (exact) mass is 464 g/mol. The molecule has 3 nitrogen and oxygen atoms in total. The van der Waals surface area contributed by atoms with Crippen molar-refractivity contribution in [2.45, 2.75) is 87.5 Å². The maximum Gasteiger partial charge on any atom is 0.155 e. The summed E-state index contributed by atoms with van der Waals surface area (Å²) < 4.78 is 0. The predicted octanol–water partition coefficient (Wildman–Crippen LogP) is 7.60. The van der Waals surface area contributed by atoms with Crippen molar-refractivity contribution >= 4 is 22.9 Å². The van der Waals surface area contributed by atoms with Crippen molar-refractivity contribution in [3.63, 3.8) is 0 Å². The van der Waals surface area contributed by atoms with Crippen molar-refractivity contribution in [3.05, 3.63) is 53.1 Å². The van der Waals surface area contributed by atoms with E-state index in [0.29, 0.717) is 11.5 Å². The lowest BCUT2D eigenvalue weighted by molar-refractivity contribution is -0.136. The molecule has 3 heteroatoms. The average Bonchev–Trinajstić information content (AvgIpc) is 3.09. The van der Waals surface area contributed by atoms with Gasteiger partial charge in [0.1, 0.15) is 11.6 Å². The average molecular weight is 465 g/mol. The van der Waals surface area contributed by atoms with E-state index >= 15 is 0 Å². The summed E-state index contributed by atoms with van der Waals surface area (Å²) in [6.07, 6.45) is 5.96.